The Bertz CT molecular complexity index is 622. The number of aromatic nitrogens is 1. The topological polar surface area (TPSA) is 81.1 Å². The summed E-state index contributed by atoms with van der Waals surface area (Å²) >= 11 is 0. The molecule has 0 saturated heterocycles. The fourth-order valence-corrected chi connectivity index (χ4v) is 2.38. The highest BCUT2D eigenvalue weighted by atomic mass is 16.4. The zero-order valence-electron chi connectivity index (χ0n) is 13.3. The quantitative estimate of drug-likeness (QED) is 0.859. The van der Waals surface area contributed by atoms with Gasteiger partial charge < -0.3 is 15.5 Å². The molecule has 1 aromatic carbocycles. The lowest BCUT2D eigenvalue weighted by molar-refractivity contribution is 0.0866. The first-order valence-corrected chi connectivity index (χ1v) is 7.60. The molecule has 0 aliphatic rings. The summed E-state index contributed by atoms with van der Waals surface area (Å²) in [6.45, 7) is 6.19. The zero-order valence-corrected chi connectivity index (χ0v) is 13.3. The van der Waals surface area contributed by atoms with E-state index in [0.29, 0.717) is 18.1 Å². The highest BCUT2D eigenvalue weighted by Crippen LogP contribution is 2.22. The zero-order chi connectivity index (χ0) is 16.2. The normalized spacial score (nSPS) is 11.5. The number of oxazole rings is 1. The van der Waals surface area contributed by atoms with E-state index in [1.807, 2.05) is 44.2 Å². The van der Waals surface area contributed by atoms with Crippen molar-refractivity contribution in [1.29, 1.82) is 0 Å². The number of nitrogens with one attached hydrogen (secondary N) is 1. The summed E-state index contributed by atoms with van der Waals surface area (Å²) < 4.78 is 5.68. The van der Waals surface area contributed by atoms with Gasteiger partial charge in [-0.2, -0.15) is 0 Å². The van der Waals surface area contributed by atoms with Gasteiger partial charge in [0.25, 0.3) is 5.91 Å². The summed E-state index contributed by atoms with van der Waals surface area (Å²) in [5, 5.41) is 3.00. The van der Waals surface area contributed by atoms with Crippen LogP contribution in [0.15, 0.2) is 34.7 Å². The van der Waals surface area contributed by atoms with E-state index >= 15 is 0 Å². The maximum absolute atomic E-state index is 12.5. The fraction of sp³-hybridized carbons (Fsp3) is 0.412. The van der Waals surface area contributed by atoms with Crippen LogP contribution in [0.4, 0.5) is 0 Å². The molecular formula is C17H23N3O2. The monoisotopic (exact) mass is 301 g/mol. The Balaban J connectivity index is 2.26. The van der Waals surface area contributed by atoms with Crippen LogP contribution in [0.3, 0.4) is 0 Å². The van der Waals surface area contributed by atoms with E-state index in [0.717, 1.165) is 18.4 Å². The van der Waals surface area contributed by atoms with Crippen LogP contribution in [0.1, 0.15) is 42.9 Å². The lowest BCUT2D eigenvalue weighted by Crippen LogP contribution is -2.52. The van der Waals surface area contributed by atoms with E-state index < -0.39 is 5.54 Å². The molecule has 1 amide bonds. The summed E-state index contributed by atoms with van der Waals surface area (Å²) in [4.78, 5) is 16.9. The van der Waals surface area contributed by atoms with Crippen molar-refractivity contribution in [2.45, 2.75) is 39.2 Å². The number of benzene rings is 1. The third kappa shape index (κ3) is 3.20. The highest BCUT2D eigenvalue weighted by Gasteiger charge is 2.29. The Hall–Kier alpha value is -2.14. The van der Waals surface area contributed by atoms with E-state index in [4.69, 9.17) is 10.2 Å². The average Bonchev–Trinajstić information content (AvgIpc) is 2.95. The molecule has 22 heavy (non-hydrogen) atoms. The maximum Gasteiger partial charge on any atom is 0.289 e. The van der Waals surface area contributed by atoms with E-state index in [9.17, 15) is 4.79 Å². The molecule has 2 rings (SSSR count). The molecule has 1 aromatic heterocycles. The number of carbonyl (C=O) groups is 1. The van der Waals surface area contributed by atoms with Crippen molar-refractivity contribution in [3.63, 3.8) is 0 Å². The third-order valence-corrected chi connectivity index (χ3v) is 4.15. The second-order valence-corrected chi connectivity index (χ2v) is 5.45. The first kappa shape index (κ1) is 16.2. The van der Waals surface area contributed by atoms with Crippen LogP contribution in [0.2, 0.25) is 0 Å². The minimum atomic E-state index is -0.400. The molecule has 0 radical (unpaired) electrons. The van der Waals surface area contributed by atoms with Crippen molar-refractivity contribution < 1.29 is 9.21 Å². The van der Waals surface area contributed by atoms with Crippen LogP contribution < -0.4 is 11.1 Å². The molecule has 0 aliphatic carbocycles. The van der Waals surface area contributed by atoms with E-state index in [1.54, 1.807) is 6.92 Å². The molecule has 0 spiro atoms. The Morgan fingerprint density at radius 3 is 2.45 bits per heavy atom. The molecule has 2 aromatic rings. The predicted molar refractivity (Wildman–Crippen MR) is 86.5 cm³/mol. The largest absolute Gasteiger partial charge is 0.431 e. The van der Waals surface area contributed by atoms with Crippen molar-refractivity contribution >= 4 is 5.91 Å². The van der Waals surface area contributed by atoms with Crippen molar-refractivity contribution in [3.05, 3.63) is 41.8 Å². The van der Waals surface area contributed by atoms with Gasteiger partial charge in [-0.25, -0.2) is 4.98 Å². The van der Waals surface area contributed by atoms with Gasteiger partial charge in [0.2, 0.25) is 11.7 Å². The number of hydrogen-bond donors (Lipinski definition) is 2. The van der Waals surface area contributed by atoms with Crippen LogP contribution in [-0.2, 0) is 0 Å². The van der Waals surface area contributed by atoms with Gasteiger partial charge in [0, 0.05) is 12.1 Å². The summed E-state index contributed by atoms with van der Waals surface area (Å²) in [5.41, 5.74) is 6.86. The minimum Gasteiger partial charge on any atom is -0.431 e. The van der Waals surface area contributed by atoms with Gasteiger partial charge >= 0.3 is 0 Å². The molecule has 0 saturated carbocycles. The molecule has 0 aliphatic heterocycles. The van der Waals surface area contributed by atoms with Crippen LogP contribution in [0.25, 0.3) is 11.5 Å². The van der Waals surface area contributed by atoms with Crippen LogP contribution >= 0.6 is 0 Å². The SMILES string of the molecule is CCC(CC)(CN)NC(=O)c1oc(-c2ccccc2)nc1C. The van der Waals surface area contributed by atoms with Crippen molar-refractivity contribution in [2.75, 3.05) is 6.54 Å². The highest BCUT2D eigenvalue weighted by molar-refractivity contribution is 5.93. The molecule has 5 heteroatoms. The van der Waals surface area contributed by atoms with Crippen molar-refractivity contribution in [3.8, 4) is 11.5 Å². The second kappa shape index (κ2) is 6.75. The molecule has 118 valence electrons. The van der Waals surface area contributed by atoms with Crippen LogP contribution in [0, 0.1) is 6.92 Å². The van der Waals surface area contributed by atoms with Crippen molar-refractivity contribution in [1.82, 2.24) is 10.3 Å². The lowest BCUT2D eigenvalue weighted by atomic mass is 9.93. The summed E-state index contributed by atoms with van der Waals surface area (Å²) in [7, 11) is 0. The number of aryl methyl sites for hydroxylation is 1. The number of carbonyl (C=O) groups excluding carboxylic acids is 1. The maximum atomic E-state index is 12.5. The summed E-state index contributed by atoms with van der Waals surface area (Å²) in [6.07, 6.45) is 1.54. The first-order chi connectivity index (χ1) is 10.5. The third-order valence-electron chi connectivity index (χ3n) is 4.15. The molecule has 0 atom stereocenters. The number of hydrogen-bond acceptors (Lipinski definition) is 4. The smallest absolute Gasteiger partial charge is 0.289 e. The minimum absolute atomic E-state index is 0.249. The number of nitrogens with two attached hydrogens (primary N) is 1. The fourth-order valence-electron chi connectivity index (χ4n) is 2.38. The molecule has 1 heterocycles. The number of amides is 1. The van der Waals surface area contributed by atoms with Crippen LogP contribution in [-0.4, -0.2) is 23.0 Å². The van der Waals surface area contributed by atoms with Gasteiger partial charge in [0.15, 0.2) is 0 Å². The lowest BCUT2D eigenvalue weighted by Gasteiger charge is -2.31. The Kier molecular flexibility index (Phi) is 4.98. The molecule has 0 unspecified atom stereocenters. The summed E-state index contributed by atoms with van der Waals surface area (Å²) in [6, 6.07) is 9.53. The van der Waals surface area contributed by atoms with Gasteiger partial charge in [-0.05, 0) is 31.9 Å². The molecule has 5 nitrogen and oxygen atoms in total. The molecule has 0 bridgehead atoms. The van der Waals surface area contributed by atoms with Gasteiger partial charge in [0.05, 0.1) is 11.2 Å². The van der Waals surface area contributed by atoms with Gasteiger partial charge in [-0.15, -0.1) is 0 Å². The predicted octanol–water partition coefficient (Wildman–Crippen LogP) is 2.90. The Morgan fingerprint density at radius 2 is 1.91 bits per heavy atom. The van der Waals surface area contributed by atoms with E-state index in [1.165, 1.54) is 0 Å². The first-order valence-electron chi connectivity index (χ1n) is 7.60. The Labute approximate surface area is 130 Å². The molecular weight excluding hydrogens is 278 g/mol. The molecule has 0 fully saturated rings. The van der Waals surface area contributed by atoms with Crippen LogP contribution in [0.5, 0.6) is 0 Å². The average molecular weight is 301 g/mol. The number of nitrogens with zero attached hydrogens (tertiary/aromatic N) is 1. The standard InChI is InChI=1S/C17H23N3O2/c1-4-17(5-2,11-18)20-15(21)14-12(3)19-16(22-14)13-9-7-6-8-10-13/h6-10H,4-5,11,18H2,1-3H3,(H,20,21). The van der Waals surface area contributed by atoms with Gasteiger partial charge in [-0.1, -0.05) is 32.0 Å². The molecule has 3 N–H and O–H groups in total. The number of rotatable bonds is 6. The second-order valence-electron chi connectivity index (χ2n) is 5.45. The van der Waals surface area contributed by atoms with Gasteiger partial charge in [0.1, 0.15) is 0 Å². The van der Waals surface area contributed by atoms with E-state index in [2.05, 4.69) is 10.3 Å². The van der Waals surface area contributed by atoms with E-state index in [-0.39, 0.29) is 11.7 Å². The van der Waals surface area contributed by atoms with Gasteiger partial charge in [-0.3, -0.25) is 4.79 Å². The summed E-state index contributed by atoms with van der Waals surface area (Å²) in [5.74, 6) is 0.439. The van der Waals surface area contributed by atoms with Crippen molar-refractivity contribution in [2.24, 2.45) is 5.73 Å². The Morgan fingerprint density at radius 1 is 1.27 bits per heavy atom.